The Balaban J connectivity index is 1.71. The van der Waals surface area contributed by atoms with Crippen LogP contribution in [0.3, 0.4) is 0 Å². The minimum atomic E-state index is -0.815. The second-order valence-corrected chi connectivity index (χ2v) is 6.47. The van der Waals surface area contributed by atoms with Crippen LogP contribution in [0.25, 0.3) is 0 Å². The molecule has 0 saturated carbocycles. The maximum Gasteiger partial charge on any atom is 0.407 e. The van der Waals surface area contributed by atoms with Crippen LogP contribution in [0.5, 0.6) is 0 Å². The molecule has 100 valence electrons. The molecule has 0 spiro atoms. The largest absolute Gasteiger partial charge is 0.465 e. The zero-order chi connectivity index (χ0) is 13.0. The Morgan fingerprint density at radius 2 is 2.61 bits per heavy atom. The fourth-order valence-corrected chi connectivity index (χ4v) is 3.85. The first kappa shape index (κ1) is 13.6. The highest BCUT2D eigenvalue weighted by Crippen LogP contribution is 2.23. The highest BCUT2D eigenvalue weighted by atomic mass is 32.2. The molecule has 2 N–H and O–H groups in total. The number of hydrogen-bond acceptors (Lipinski definition) is 5. The summed E-state index contributed by atoms with van der Waals surface area (Å²) >= 11 is 3.41. The standard InChI is InChI=1S/C11H17N3O2S2/c1-8-7-18-10(13-8)17-5-2-9-6-14(11(15)16)4-3-12-9/h7,9,12H,2-6H2,1H3,(H,15,16)/t9-/m1/s1. The second kappa shape index (κ2) is 6.40. The number of nitrogens with one attached hydrogen (secondary N) is 1. The molecule has 1 fully saturated rings. The normalized spacial score (nSPS) is 20.1. The molecule has 1 atom stereocenters. The monoisotopic (exact) mass is 287 g/mol. The van der Waals surface area contributed by atoms with Crippen LogP contribution in [0, 0.1) is 6.92 Å². The number of aryl methyl sites for hydroxylation is 1. The molecule has 18 heavy (non-hydrogen) atoms. The fourth-order valence-electron chi connectivity index (χ4n) is 1.88. The van der Waals surface area contributed by atoms with E-state index in [1.54, 1.807) is 23.1 Å². The van der Waals surface area contributed by atoms with Gasteiger partial charge in [0.15, 0.2) is 0 Å². The summed E-state index contributed by atoms with van der Waals surface area (Å²) in [5, 5.41) is 14.4. The molecule has 1 saturated heterocycles. The van der Waals surface area contributed by atoms with E-state index in [0.29, 0.717) is 13.1 Å². The SMILES string of the molecule is Cc1csc(SCC[C@@H]2CN(C(=O)O)CCN2)n1. The van der Waals surface area contributed by atoms with Crippen LogP contribution in [0.2, 0.25) is 0 Å². The van der Waals surface area contributed by atoms with Crippen molar-refractivity contribution < 1.29 is 9.90 Å². The number of aromatic nitrogens is 1. The molecule has 7 heteroatoms. The van der Waals surface area contributed by atoms with Gasteiger partial charge in [-0.3, -0.25) is 0 Å². The topological polar surface area (TPSA) is 65.5 Å². The van der Waals surface area contributed by atoms with Crippen molar-refractivity contribution in [2.45, 2.75) is 23.7 Å². The lowest BCUT2D eigenvalue weighted by Crippen LogP contribution is -2.52. The summed E-state index contributed by atoms with van der Waals surface area (Å²) < 4.78 is 1.10. The van der Waals surface area contributed by atoms with Crippen LogP contribution in [-0.2, 0) is 0 Å². The van der Waals surface area contributed by atoms with Gasteiger partial charge in [0.25, 0.3) is 0 Å². The van der Waals surface area contributed by atoms with Crippen LogP contribution in [0.15, 0.2) is 9.72 Å². The number of hydrogen-bond donors (Lipinski definition) is 2. The van der Waals surface area contributed by atoms with Crippen molar-refractivity contribution in [3.8, 4) is 0 Å². The Kier molecular flexibility index (Phi) is 4.85. The van der Waals surface area contributed by atoms with Crippen molar-refractivity contribution in [1.29, 1.82) is 0 Å². The summed E-state index contributed by atoms with van der Waals surface area (Å²) in [6, 6.07) is 0.267. The third-order valence-corrected chi connectivity index (χ3v) is 4.99. The van der Waals surface area contributed by atoms with Gasteiger partial charge in [0, 0.05) is 42.5 Å². The third-order valence-electron chi connectivity index (χ3n) is 2.82. The first-order chi connectivity index (χ1) is 8.65. The number of amides is 1. The molecule has 1 aromatic heterocycles. The average Bonchev–Trinajstić information content (AvgIpc) is 2.75. The predicted molar refractivity (Wildman–Crippen MR) is 73.6 cm³/mol. The summed E-state index contributed by atoms with van der Waals surface area (Å²) in [6.07, 6.45) is 0.150. The summed E-state index contributed by atoms with van der Waals surface area (Å²) in [7, 11) is 0. The van der Waals surface area contributed by atoms with E-state index in [1.807, 2.05) is 12.3 Å². The summed E-state index contributed by atoms with van der Waals surface area (Å²) in [5.41, 5.74) is 1.07. The van der Waals surface area contributed by atoms with E-state index in [4.69, 9.17) is 5.11 Å². The van der Waals surface area contributed by atoms with Crippen LogP contribution >= 0.6 is 23.1 Å². The predicted octanol–water partition coefficient (Wildman–Crippen LogP) is 1.89. The zero-order valence-corrected chi connectivity index (χ0v) is 11.9. The molecule has 5 nitrogen and oxygen atoms in total. The van der Waals surface area contributed by atoms with Crippen LogP contribution < -0.4 is 5.32 Å². The van der Waals surface area contributed by atoms with E-state index in [2.05, 4.69) is 10.3 Å². The minimum absolute atomic E-state index is 0.267. The Bertz CT molecular complexity index is 411. The molecule has 1 aromatic rings. The lowest BCUT2D eigenvalue weighted by molar-refractivity contribution is 0.128. The molecule has 1 aliphatic heterocycles. The van der Waals surface area contributed by atoms with E-state index in [0.717, 1.165) is 28.8 Å². The molecule has 1 aliphatic rings. The lowest BCUT2D eigenvalue weighted by atomic mass is 10.2. The van der Waals surface area contributed by atoms with Gasteiger partial charge in [-0.2, -0.15) is 0 Å². The van der Waals surface area contributed by atoms with E-state index in [1.165, 1.54) is 4.90 Å². The van der Waals surface area contributed by atoms with Crippen molar-refractivity contribution in [3.63, 3.8) is 0 Å². The van der Waals surface area contributed by atoms with Crippen molar-refractivity contribution in [2.24, 2.45) is 0 Å². The first-order valence-corrected chi connectivity index (χ1v) is 7.78. The molecular weight excluding hydrogens is 270 g/mol. The summed E-state index contributed by atoms with van der Waals surface area (Å²) in [5.74, 6) is 0.970. The number of piperazine rings is 1. The van der Waals surface area contributed by atoms with Gasteiger partial charge in [0.1, 0.15) is 4.34 Å². The quantitative estimate of drug-likeness (QED) is 0.828. The highest BCUT2D eigenvalue weighted by Gasteiger charge is 2.22. The van der Waals surface area contributed by atoms with Gasteiger partial charge >= 0.3 is 6.09 Å². The van der Waals surface area contributed by atoms with Gasteiger partial charge < -0.3 is 15.3 Å². The van der Waals surface area contributed by atoms with Crippen LogP contribution in [-0.4, -0.2) is 52.5 Å². The fraction of sp³-hybridized carbons (Fsp3) is 0.636. The van der Waals surface area contributed by atoms with Gasteiger partial charge in [0.05, 0.1) is 0 Å². The van der Waals surface area contributed by atoms with Crippen molar-refractivity contribution >= 4 is 29.2 Å². The average molecular weight is 287 g/mol. The van der Waals surface area contributed by atoms with E-state index in [-0.39, 0.29) is 6.04 Å². The Morgan fingerprint density at radius 1 is 1.78 bits per heavy atom. The molecule has 1 amide bonds. The van der Waals surface area contributed by atoms with E-state index in [9.17, 15) is 4.79 Å². The van der Waals surface area contributed by atoms with Crippen LogP contribution in [0.1, 0.15) is 12.1 Å². The first-order valence-electron chi connectivity index (χ1n) is 5.91. The highest BCUT2D eigenvalue weighted by molar-refractivity contribution is 8.01. The molecule has 0 aliphatic carbocycles. The number of carboxylic acid groups (broad SMARTS) is 1. The van der Waals surface area contributed by atoms with Gasteiger partial charge in [0.2, 0.25) is 0 Å². The number of rotatable bonds is 4. The van der Waals surface area contributed by atoms with Crippen LogP contribution in [0.4, 0.5) is 4.79 Å². The minimum Gasteiger partial charge on any atom is -0.465 e. The third kappa shape index (κ3) is 3.86. The number of thiazole rings is 1. The lowest BCUT2D eigenvalue weighted by Gasteiger charge is -2.31. The summed E-state index contributed by atoms with van der Waals surface area (Å²) in [6.45, 7) is 3.92. The summed E-state index contributed by atoms with van der Waals surface area (Å²) in [4.78, 5) is 16.8. The van der Waals surface area contributed by atoms with Crippen molar-refractivity contribution in [2.75, 3.05) is 25.4 Å². The second-order valence-electron chi connectivity index (χ2n) is 4.27. The molecule has 0 unspecified atom stereocenters. The molecule has 2 heterocycles. The molecule has 2 rings (SSSR count). The Labute approximate surface area is 115 Å². The Hall–Kier alpha value is -0.790. The molecule has 0 aromatic carbocycles. The van der Waals surface area contributed by atoms with Gasteiger partial charge in [-0.25, -0.2) is 9.78 Å². The molecule has 0 radical (unpaired) electrons. The maximum atomic E-state index is 10.9. The molecular formula is C11H17N3O2S2. The van der Waals surface area contributed by atoms with E-state index >= 15 is 0 Å². The zero-order valence-electron chi connectivity index (χ0n) is 10.3. The molecule has 0 bridgehead atoms. The van der Waals surface area contributed by atoms with E-state index < -0.39 is 6.09 Å². The maximum absolute atomic E-state index is 10.9. The Morgan fingerprint density at radius 3 is 3.28 bits per heavy atom. The van der Waals surface area contributed by atoms with Gasteiger partial charge in [-0.15, -0.1) is 11.3 Å². The van der Waals surface area contributed by atoms with Crippen molar-refractivity contribution in [1.82, 2.24) is 15.2 Å². The van der Waals surface area contributed by atoms with Gasteiger partial charge in [-0.1, -0.05) is 11.8 Å². The van der Waals surface area contributed by atoms with Gasteiger partial charge in [-0.05, 0) is 13.3 Å². The smallest absolute Gasteiger partial charge is 0.407 e. The number of carbonyl (C=O) groups is 1. The number of thioether (sulfide) groups is 1. The number of nitrogens with zero attached hydrogens (tertiary/aromatic N) is 2. The van der Waals surface area contributed by atoms with Crippen molar-refractivity contribution in [3.05, 3.63) is 11.1 Å².